The summed E-state index contributed by atoms with van der Waals surface area (Å²) in [5, 5.41) is 19.1. The molecule has 120 valence electrons. The van der Waals surface area contributed by atoms with E-state index in [1.54, 1.807) is 0 Å². The van der Waals surface area contributed by atoms with Crippen LogP contribution in [0.25, 0.3) is 0 Å². The van der Waals surface area contributed by atoms with Crippen LogP contribution in [0.3, 0.4) is 0 Å². The average molecular weight is 337 g/mol. The van der Waals surface area contributed by atoms with Gasteiger partial charge >= 0.3 is 12.4 Å². The van der Waals surface area contributed by atoms with Gasteiger partial charge in [0.25, 0.3) is 0 Å². The second-order valence-electron chi connectivity index (χ2n) is 4.33. The van der Waals surface area contributed by atoms with Crippen LogP contribution in [0.2, 0.25) is 0 Å². The highest BCUT2D eigenvalue weighted by molar-refractivity contribution is 6.17. The quantitative estimate of drug-likeness (QED) is 0.649. The van der Waals surface area contributed by atoms with Crippen molar-refractivity contribution in [3.8, 4) is 0 Å². The molecule has 21 heavy (non-hydrogen) atoms. The Morgan fingerprint density at radius 2 is 1.33 bits per heavy atom. The maximum Gasteiger partial charge on any atom is 0.416 e. The number of aliphatic hydroxyl groups excluding tert-OH is 2. The van der Waals surface area contributed by atoms with Crippen molar-refractivity contribution in [2.24, 2.45) is 0 Å². The van der Waals surface area contributed by atoms with Crippen LogP contribution in [0.4, 0.5) is 26.3 Å². The summed E-state index contributed by atoms with van der Waals surface area (Å²) in [7, 11) is 0. The third-order valence-electron chi connectivity index (χ3n) is 2.72. The summed E-state index contributed by atoms with van der Waals surface area (Å²) in [6, 6.07) is 0.693. The van der Waals surface area contributed by atoms with E-state index in [9.17, 15) is 36.6 Å². The predicted molar refractivity (Wildman–Crippen MR) is 62.7 cm³/mol. The fourth-order valence-electron chi connectivity index (χ4n) is 1.64. The van der Waals surface area contributed by atoms with Crippen molar-refractivity contribution >= 4 is 11.6 Å². The number of hydrogen-bond donors (Lipinski definition) is 2. The molecule has 0 heterocycles. The zero-order chi connectivity index (χ0) is 16.4. The molecule has 1 aromatic rings. The van der Waals surface area contributed by atoms with Crippen LogP contribution in [-0.4, -0.2) is 22.2 Å². The van der Waals surface area contributed by atoms with E-state index in [0.29, 0.717) is 12.1 Å². The Balaban J connectivity index is 3.32. The zero-order valence-corrected chi connectivity index (χ0v) is 11.1. The van der Waals surface area contributed by atoms with Crippen LogP contribution in [0.5, 0.6) is 0 Å². The van der Waals surface area contributed by atoms with E-state index in [1.165, 1.54) is 0 Å². The van der Waals surface area contributed by atoms with E-state index in [-0.39, 0.29) is 18.4 Å². The van der Waals surface area contributed by atoms with Crippen LogP contribution in [0.15, 0.2) is 18.2 Å². The molecule has 0 aliphatic rings. The molecule has 0 spiro atoms. The third-order valence-corrected chi connectivity index (χ3v) is 2.94. The Morgan fingerprint density at radius 1 is 0.905 bits per heavy atom. The number of halogens is 7. The molecule has 2 nitrogen and oxygen atoms in total. The first kappa shape index (κ1) is 18.1. The molecule has 0 aliphatic carbocycles. The molecule has 2 atom stereocenters. The van der Waals surface area contributed by atoms with Gasteiger partial charge in [-0.1, -0.05) is 0 Å². The lowest BCUT2D eigenvalue weighted by Crippen LogP contribution is -2.20. The Morgan fingerprint density at radius 3 is 1.67 bits per heavy atom. The van der Waals surface area contributed by atoms with E-state index in [4.69, 9.17) is 11.6 Å². The number of rotatable bonds is 4. The number of hydrogen-bond acceptors (Lipinski definition) is 2. The minimum absolute atomic E-state index is 0.0514. The maximum absolute atomic E-state index is 12.6. The van der Waals surface area contributed by atoms with Crippen molar-refractivity contribution in [2.45, 2.75) is 31.0 Å². The van der Waals surface area contributed by atoms with E-state index in [0.717, 1.165) is 0 Å². The Hall–Kier alpha value is -0.990. The highest BCUT2D eigenvalue weighted by Gasteiger charge is 2.37. The summed E-state index contributed by atoms with van der Waals surface area (Å²) >= 11 is 5.30. The molecule has 0 aliphatic heterocycles. The molecule has 0 amide bonds. The number of alkyl halides is 7. The fourth-order valence-corrected chi connectivity index (χ4v) is 1.87. The van der Waals surface area contributed by atoms with Gasteiger partial charge in [0.1, 0.15) is 6.10 Å². The Bertz CT molecular complexity index is 453. The third kappa shape index (κ3) is 4.76. The van der Waals surface area contributed by atoms with E-state index in [2.05, 4.69) is 0 Å². The molecular formula is C12H11ClF6O2. The second kappa shape index (κ2) is 6.41. The first-order valence-electron chi connectivity index (χ1n) is 5.68. The molecular weight excluding hydrogens is 326 g/mol. The van der Waals surface area contributed by atoms with Crippen molar-refractivity contribution in [1.82, 2.24) is 0 Å². The molecule has 0 bridgehead atoms. The van der Waals surface area contributed by atoms with Gasteiger partial charge in [-0.25, -0.2) is 0 Å². The van der Waals surface area contributed by atoms with Gasteiger partial charge in [0.15, 0.2) is 0 Å². The second-order valence-corrected chi connectivity index (χ2v) is 4.71. The molecule has 0 aromatic heterocycles. The monoisotopic (exact) mass is 336 g/mol. The van der Waals surface area contributed by atoms with Crippen molar-refractivity contribution in [3.05, 3.63) is 34.9 Å². The standard InChI is InChI=1S/C12H11ClF6O2/c13-2-1-9(20)10(21)6-3-7(11(14,15)16)5-8(4-6)12(17,18)19/h3-5,9-10,20-21H,1-2H2. The van der Waals surface area contributed by atoms with Gasteiger partial charge in [-0.2, -0.15) is 26.3 Å². The van der Waals surface area contributed by atoms with Gasteiger partial charge in [0, 0.05) is 5.88 Å². The Labute approximate surface area is 121 Å². The lowest BCUT2D eigenvalue weighted by atomic mass is 9.97. The first-order chi connectivity index (χ1) is 9.46. The molecule has 9 heteroatoms. The van der Waals surface area contributed by atoms with Crippen LogP contribution in [-0.2, 0) is 12.4 Å². The highest BCUT2D eigenvalue weighted by atomic mass is 35.5. The summed E-state index contributed by atoms with van der Waals surface area (Å²) in [5.41, 5.74) is -3.77. The molecule has 0 saturated carbocycles. The van der Waals surface area contributed by atoms with Gasteiger partial charge < -0.3 is 10.2 Å². The Kier molecular flexibility index (Phi) is 5.51. The molecule has 0 saturated heterocycles. The normalized spacial score (nSPS) is 15.9. The minimum atomic E-state index is -5.01. The van der Waals surface area contributed by atoms with E-state index >= 15 is 0 Å². The maximum atomic E-state index is 12.6. The summed E-state index contributed by atoms with van der Waals surface area (Å²) in [6.45, 7) is 0. The number of aliphatic hydroxyl groups is 2. The van der Waals surface area contributed by atoms with Gasteiger partial charge in [0.05, 0.1) is 17.2 Å². The zero-order valence-electron chi connectivity index (χ0n) is 10.3. The lowest BCUT2D eigenvalue weighted by molar-refractivity contribution is -0.143. The summed E-state index contributed by atoms with van der Waals surface area (Å²) in [6.07, 6.45) is -13.7. The van der Waals surface area contributed by atoms with Crippen LogP contribution in [0.1, 0.15) is 29.2 Å². The molecule has 1 rings (SSSR count). The fraction of sp³-hybridized carbons (Fsp3) is 0.500. The highest BCUT2D eigenvalue weighted by Crippen LogP contribution is 2.38. The SMILES string of the molecule is OC(CCCl)C(O)c1cc(C(F)(F)F)cc(C(F)(F)F)c1. The number of benzene rings is 1. The van der Waals surface area contributed by atoms with Crippen molar-refractivity contribution in [1.29, 1.82) is 0 Å². The summed E-state index contributed by atoms with van der Waals surface area (Å²) < 4.78 is 75.7. The summed E-state index contributed by atoms with van der Waals surface area (Å²) in [5.74, 6) is -0.108. The largest absolute Gasteiger partial charge is 0.416 e. The molecule has 0 radical (unpaired) electrons. The van der Waals surface area contributed by atoms with Gasteiger partial charge in [-0.3, -0.25) is 0 Å². The van der Waals surface area contributed by atoms with E-state index < -0.39 is 41.3 Å². The average Bonchev–Trinajstić information content (AvgIpc) is 2.35. The topological polar surface area (TPSA) is 40.5 Å². The van der Waals surface area contributed by atoms with E-state index in [1.807, 2.05) is 0 Å². The smallest absolute Gasteiger partial charge is 0.390 e. The minimum Gasteiger partial charge on any atom is -0.390 e. The molecule has 1 aromatic carbocycles. The van der Waals surface area contributed by atoms with Gasteiger partial charge in [-0.05, 0) is 30.2 Å². The van der Waals surface area contributed by atoms with Crippen LogP contribution < -0.4 is 0 Å². The first-order valence-corrected chi connectivity index (χ1v) is 6.21. The predicted octanol–water partition coefficient (Wildman–Crippen LogP) is 3.75. The van der Waals surface area contributed by atoms with Gasteiger partial charge in [0.2, 0.25) is 0 Å². The molecule has 2 N–H and O–H groups in total. The van der Waals surface area contributed by atoms with Crippen LogP contribution in [0, 0.1) is 0 Å². The van der Waals surface area contributed by atoms with Crippen molar-refractivity contribution in [3.63, 3.8) is 0 Å². The van der Waals surface area contributed by atoms with Crippen molar-refractivity contribution < 1.29 is 36.6 Å². The van der Waals surface area contributed by atoms with Crippen LogP contribution >= 0.6 is 11.6 Å². The lowest BCUT2D eigenvalue weighted by Gasteiger charge is -2.20. The van der Waals surface area contributed by atoms with Gasteiger partial charge in [-0.15, -0.1) is 11.6 Å². The molecule has 0 fully saturated rings. The molecule has 2 unspecified atom stereocenters. The van der Waals surface area contributed by atoms with Crippen molar-refractivity contribution in [2.75, 3.05) is 5.88 Å². The summed E-state index contributed by atoms with van der Waals surface area (Å²) in [4.78, 5) is 0.